The maximum atomic E-state index is 13.7. The third-order valence-corrected chi connectivity index (χ3v) is 22.4. The van der Waals surface area contributed by atoms with Crippen molar-refractivity contribution in [2.24, 2.45) is 5.92 Å². The number of rotatable bonds is 19. The Morgan fingerprint density at radius 1 is 0.374 bits per heavy atom. The molecule has 3 saturated heterocycles. The minimum Gasteiger partial charge on any atom is -0.354 e. The molecule has 3 amide bonds. The number of alkyl halides is 15. The van der Waals surface area contributed by atoms with Crippen LogP contribution in [-0.2, 0) is 50.5 Å². The number of halogens is 15. The zero-order valence-corrected chi connectivity index (χ0v) is 71.5. The van der Waals surface area contributed by atoms with Crippen LogP contribution in [0.1, 0.15) is 153 Å². The third-order valence-electron chi connectivity index (χ3n) is 22.4. The minimum atomic E-state index is -4.98. The standard InChI is InChI=1S/2C31H34F6N4O.C31H37F3N4O/c1-20(2)18-40-9-11-41(12-10-40)28-16-26(25-8-6-5-7-21(25)3)27(17-38-28)29(42)39(4)19-22-13-23(30(32,33)34)15-24(14-22)31(35,36)37;1-5-21(3)40-10-12-41(13-11-40)28-17-26(25-9-7-6-8-20(25)2)27(18-38-28)29(42)39(4)19-22-14-23(30(32,33)34)16-24(15-22)31(35,36)37;1-21-15-23(17-24(16-21)31(32,33)34)20-36(6)29(39)27-19-35-28(18-26(27)25-10-8-7-9-22(25)2)37-11-13-38(14-12-37)30(3,4)5/h5-8,13-17,20H,9-12,18-19H2,1-4H3;6-9,14-18,21H,5,10-13,19H2,1-4H3;7-10,15-19H,11-14,20H2,1-6H3. The number of carbonyl (C=O) groups is 3. The summed E-state index contributed by atoms with van der Waals surface area (Å²) in [6.07, 6.45) is -18.8. The molecule has 6 heterocycles. The van der Waals surface area contributed by atoms with E-state index >= 15 is 0 Å². The molecule has 3 aromatic heterocycles. The van der Waals surface area contributed by atoms with Crippen LogP contribution in [0.25, 0.3) is 33.4 Å². The first-order chi connectivity index (χ1) is 57.5. The van der Waals surface area contributed by atoms with Crippen molar-refractivity contribution >= 4 is 35.2 Å². The highest BCUT2D eigenvalue weighted by Gasteiger charge is 2.40. The van der Waals surface area contributed by atoms with Gasteiger partial charge in [-0.05, 0) is 201 Å². The van der Waals surface area contributed by atoms with E-state index in [1.54, 1.807) is 26.2 Å². The summed E-state index contributed by atoms with van der Waals surface area (Å²) >= 11 is 0. The van der Waals surface area contributed by atoms with Crippen molar-refractivity contribution in [3.63, 3.8) is 0 Å². The van der Waals surface area contributed by atoms with Gasteiger partial charge in [0.05, 0.1) is 44.5 Å². The monoisotopic (exact) mass is 1720 g/mol. The lowest BCUT2D eigenvalue weighted by molar-refractivity contribution is -0.144. The molecule has 30 heteroatoms. The summed E-state index contributed by atoms with van der Waals surface area (Å²) in [5, 5.41) is 0. The molecule has 3 aliphatic heterocycles. The van der Waals surface area contributed by atoms with E-state index in [-0.39, 0.29) is 52.4 Å². The average Bonchev–Trinajstić information content (AvgIpc) is 0.783. The summed E-state index contributed by atoms with van der Waals surface area (Å²) in [7, 11) is 4.30. The van der Waals surface area contributed by atoms with Gasteiger partial charge in [0.1, 0.15) is 17.5 Å². The van der Waals surface area contributed by atoms with Crippen LogP contribution in [0.4, 0.5) is 83.3 Å². The zero-order valence-electron chi connectivity index (χ0n) is 71.5. The van der Waals surface area contributed by atoms with Crippen LogP contribution < -0.4 is 14.7 Å². The van der Waals surface area contributed by atoms with E-state index in [1.807, 2.05) is 112 Å². The highest BCUT2D eigenvalue weighted by atomic mass is 19.4. The number of hydrogen-bond acceptors (Lipinski definition) is 12. The number of carbonyl (C=O) groups excluding carboxylic acids is 3. The van der Waals surface area contributed by atoms with Crippen molar-refractivity contribution in [3.8, 4) is 33.4 Å². The van der Waals surface area contributed by atoms with Gasteiger partial charge in [-0.2, -0.15) is 65.9 Å². The van der Waals surface area contributed by atoms with Crippen LogP contribution >= 0.6 is 0 Å². The third kappa shape index (κ3) is 24.5. The van der Waals surface area contributed by atoms with Gasteiger partial charge in [-0.15, -0.1) is 0 Å². The van der Waals surface area contributed by atoms with Crippen LogP contribution in [0.3, 0.4) is 0 Å². The van der Waals surface area contributed by atoms with E-state index in [0.717, 1.165) is 158 Å². The second-order valence-electron chi connectivity index (χ2n) is 33.3. The van der Waals surface area contributed by atoms with Crippen LogP contribution in [0, 0.1) is 33.6 Å². The SMILES string of the molecule is CCC(C)N1CCN(c2cc(-c3ccccc3C)c(C(=O)N(C)Cc3cc(C(F)(F)F)cc(C(F)(F)F)c3)cn2)CC1.Cc1cc(CN(C)C(=O)c2cnc(N3CCN(C(C)(C)C)CC3)cc2-c2ccccc2C)cc(C(F)(F)F)c1.Cc1ccccc1-c1cc(N2CCN(CC(C)C)CC2)ncc1C(=O)N(C)Cc1cc(C(F)(F)F)cc(C(F)(F)F)c1. The summed E-state index contributed by atoms with van der Waals surface area (Å²) in [6, 6.07) is 35.6. The molecule has 0 saturated carbocycles. The minimum absolute atomic E-state index is 0.0489. The summed E-state index contributed by atoms with van der Waals surface area (Å²) in [5.74, 6) is 1.34. The number of amides is 3. The first kappa shape index (κ1) is 94.7. The van der Waals surface area contributed by atoms with Gasteiger partial charge in [-0.1, -0.05) is 105 Å². The first-order valence-electron chi connectivity index (χ1n) is 40.7. The van der Waals surface area contributed by atoms with Crippen molar-refractivity contribution < 1.29 is 80.2 Å². The molecule has 660 valence electrons. The highest BCUT2D eigenvalue weighted by molar-refractivity contribution is 6.03. The maximum Gasteiger partial charge on any atom is 0.416 e. The van der Waals surface area contributed by atoms with E-state index in [0.29, 0.717) is 75.7 Å². The van der Waals surface area contributed by atoms with Gasteiger partial charge in [0.15, 0.2) is 0 Å². The summed E-state index contributed by atoms with van der Waals surface area (Å²) in [6.45, 7) is 33.0. The zero-order chi connectivity index (χ0) is 90.2. The van der Waals surface area contributed by atoms with Crippen LogP contribution in [0.2, 0.25) is 0 Å². The predicted molar refractivity (Wildman–Crippen MR) is 450 cm³/mol. The lowest BCUT2D eigenvalue weighted by atomic mass is 9.96. The lowest BCUT2D eigenvalue weighted by Gasteiger charge is -2.42. The molecule has 12 rings (SSSR count). The second-order valence-corrected chi connectivity index (χ2v) is 33.3. The van der Waals surface area contributed by atoms with Gasteiger partial charge < -0.3 is 29.4 Å². The molecule has 3 fully saturated rings. The quantitative estimate of drug-likeness (QED) is 0.0717. The Morgan fingerprint density at radius 3 is 0.943 bits per heavy atom. The second kappa shape index (κ2) is 39.1. The number of anilines is 3. The molecule has 9 aromatic rings. The van der Waals surface area contributed by atoms with Crippen molar-refractivity contribution in [2.75, 3.05) is 121 Å². The summed E-state index contributed by atoms with van der Waals surface area (Å²) < 4.78 is 201. The fourth-order valence-electron chi connectivity index (χ4n) is 15.6. The summed E-state index contributed by atoms with van der Waals surface area (Å²) in [4.78, 5) is 72.4. The molecular formula is C93H105F15N12O3. The van der Waals surface area contributed by atoms with Crippen LogP contribution in [0.5, 0.6) is 0 Å². The van der Waals surface area contributed by atoms with E-state index in [9.17, 15) is 80.2 Å². The molecule has 0 radical (unpaired) electrons. The number of hydrogen-bond donors (Lipinski definition) is 0. The molecule has 123 heavy (non-hydrogen) atoms. The van der Waals surface area contributed by atoms with E-state index in [1.165, 1.54) is 31.4 Å². The van der Waals surface area contributed by atoms with E-state index in [2.05, 4.69) is 92.8 Å². The Morgan fingerprint density at radius 2 is 0.659 bits per heavy atom. The smallest absolute Gasteiger partial charge is 0.354 e. The Labute approximate surface area is 709 Å². The molecule has 0 spiro atoms. The number of piperazine rings is 3. The number of benzene rings is 6. The Hall–Kier alpha value is -10.6. The van der Waals surface area contributed by atoms with Crippen molar-refractivity contribution in [1.82, 2.24) is 44.4 Å². The topological polar surface area (TPSA) is 119 Å². The lowest BCUT2D eigenvalue weighted by Crippen LogP contribution is -2.53. The molecule has 0 bridgehead atoms. The number of aryl methyl sites for hydroxylation is 4. The van der Waals surface area contributed by atoms with Crippen LogP contribution in [-0.4, -0.2) is 180 Å². The Bertz CT molecular complexity index is 5110. The van der Waals surface area contributed by atoms with E-state index in [4.69, 9.17) is 0 Å². The van der Waals surface area contributed by atoms with E-state index < -0.39 is 83.6 Å². The largest absolute Gasteiger partial charge is 0.416 e. The van der Waals surface area contributed by atoms with Crippen LogP contribution in [0.15, 0.2) is 164 Å². The number of pyridine rings is 3. The van der Waals surface area contributed by atoms with Crippen molar-refractivity contribution in [1.29, 1.82) is 0 Å². The normalized spacial score (nSPS) is 15.1. The fraction of sp³-hybridized carbons (Fsp3) is 0.419. The van der Waals surface area contributed by atoms with Gasteiger partial charge in [-0.25, -0.2) is 15.0 Å². The molecule has 0 aliphatic carbocycles. The highest BCUT2D eigenvalue weighted by Crippen LogP contribution is 2.42. The molecule has 15 nitrogen and oxygen atoms in total. The number of aromatic nitrogens is 3. The Balaban J connectivity index is 0.000000193. The predicted octanol–water partition coefficient (Wildman–Crippen LogP) is 21.0. The Kier molecular flexibility index (Phi) is 30.1. The molecular weight excluding hydrogens is 1620 g/mol. The molecule has 6 aromatic carbocycles. The number of nitrogens with zero attached hydrogens (tertiary/aromatic N) is 12. The first-order valence-corrected chi connectivity index (χ1v) is 40.7. The molecule has 0 N–H and O–H groups in total. The summed E-state index contributed by atoms with van der Waals surface area (Å²) in [5.41, 5.74) is 2.20. The van der Waals surface area contributed by atoms with Gasteiger partial charge in [0.2, 0.25) is 0 Å². The van der Waals surface area contributed by atoms with Gasteiger partial charge in [0, 0.05) is 156 Å². The molecule has 1 atom stereocenters. The van der Waals surface area contributed by atoms with Gasteiger partial charge >= 0.3 is 30.9 Å². The average molecular weight is 1720 g/mol. The van der Waals surface area contributed by atoms with Gasteiger partial charge in [0.25, 0.3) is 17.7 Å². The van der Waals surface area contributed by atoms with Crippen molar-refractivity contribution in [3.05, 3.63) is 248 Å². The molecule has 1 unspecified atom stereocenters. The fourth-order valence-corrected chi connectivity index (χ4v) is 15.6. The molecule has 3 aliphatic rings. The maximum absolute atomic E-state index is 13.7. The van der Waals surface area contributed by atoms with Gasteiger partial charge in [-0.3, -0.25) is 29.1 Å². The van der Waals surface area contributed by atoms with Crippen molar-refractivity contribution in [2.45, 2.75) is 145 Å².